The van der Waals surface area contributed by atoms with Crippen LogP contribution >= 0.6 is 11.6 Å². The van der Waals surface area contributed by atoms with Crippen LogP contribution in [0.1, 0.15) is 18.1 Å². The lowest BCUT2D eigenvalue weighted by atomic mass is 10.1. The molecule has 116 valence electrons. The minimum absolute atomic E-state index is 0.0619. The first-order valence-corrected chi connectivity index (χ1v) is 6.76. The molecule has 3 N–H and O–H groups in total. The van der Waals surface area contributed by atoms with Gasteiger partial charge in [-0.1, -0.05) is 23.7 Å². The molecule has 1 amide bonds. The van der Waals surface area contributed by atoms with Crippen LogP contribution in [0.15, 0.2) is 42.5 Å². The second-order valence-electron chi connectivity index (χ2n) is 4.60. The molecule has 2 aromatic rings. The summed E-state index contributed by atoms with van der Waals surface area (Å²) in [6.45, 7) is 0. The highest BCUT2D eigenvalue weighted by molar-refractivity contribution is 6.30. The van der Waals surface area contributed by atoms with E-state index in [-0.39, 0.29) is 12.1 Å². The molecule has 0 bridgehead atoms. The second-order valence-corrected chi connectivity index (χ2v) is 5.04. The summed E-state index contributed by atoms with van der Waals surface area (Å²) < 4.78 is 25.9. The van der Waals surface area contributed by atoms with Crippen LogP contribution in [0.25, 0.3) is 0 Å². The van der Waals surface area contributed by atoms with E-state index in [0.717, 1.165) is 18.2 Å². The van der Waals surface area contributed by atoms with Gasteiger partial charge in [-0.05, 0) is 29.8 Å². The Balaban J connectivity index is 1.88. The number of rotatable bonds is 5. The van der Waals surface area contributed by atoms with E-state index in [9.17, 15) is 18.7 Å². The fraction of sp³-hybridized carbons (Fsp3) is 0.133. The number of hydrazine groups is 1. The Bertz CT molecular complexity index is 645. The smallest absolute Gasteiger partial charge is 0.241 e. The van der Waals surface area contributed by atoms with Gasteiger partial charge < -0.3 is 5.11 Å². The lowest BCUT2D eigenvalue weighted by Gasteiger charge is -2.13. The van der Waals surface area contributed by atoms with Crippen molar-refractivity contribution >= 4 is 23.2 Å². The molecule has 0 radical (unpaired) electrons. The van der Waals surface area contributed by atoms with Gasteiger partial charge in [0, 0.05) is 11.1 Å². The number of aliphatic hydroxyl groups is 1. The van der Waals surface area contributed by atoms with Crippen molar-refractivity contribution in [2.75, 3.05) is 5.43 Å². The maximum absolute atomic E-state index is 13.0. The molecule has 0 aliphatic rings. The first-order chi connectivity index (χ1) is 10.4. The Hall–Kier alpha value is -2.18. The molecular weight excluding hydrogens is 314 g/mol. The van der Waals surface area contributed by atoms with E-state index in [2.05, 4.69) is 10.9 Å². The molecule has 0 saturated carbocycles. The van der Waals surface area contributed by atoms with Gasteiger partial charge in [-0.2, -0.15) is 0 Å². The third-order valence-electron chi connectivity index (χ3n) is 2.84. The van der Waals surface area contributed by atoms with Crippen LogP contribution in [0.3, 0.4) is 0 Å². The van der Waals surface area contributed by atoms with Gasteiger partial charge in [0.15, 0.2) is 0 Å². The first kappa shape index (κ1) is 16.2. The zero-order chi connectivity index (χ0) is 16.1. The van der Waals surface area contributed by atoms with Crippen molar-refractivity contribution in [1.82, 2.24) is 5.43 Å². The number of carbonyl (C=O) groups is 1. The molecule has 4 nitrogen and oxygen atoms in total. The van der Waals surface area contributed by atoms with Crippen LogP contribution in [0.5, 0.6) is 0 Å². The van der Waals surface area contributed by atoms with Crippen molar-refractivity contribution in [1.29, 1.82) is 0 Å². The summed E-state index contributed by atoms with van der Waals surface area (Å²) in [5.74, 6) is -2.07. The van der Waals surface area contributed by atoms with Crippen LogP contribution < -0.4 is 10.9 Å². The third-order valence-corrected chi connectivity index (χ3v) is 3.09. The van der Waals surface area contributed by atoms with E-state index in [1.54, 1.807) is 24.3 Å². The summed E-state index contributed by atoms with van der Waals surface area (Å²) in [5, 5.41) is 10.4. The standard InChI is InChI=1S/C15H13ClF2N2O2/c16-10-3-1-9(2-4-10)14(21)8-15(22)20-19-13-6-11(17)5-12(18)7-13/h1-7,14,19,21H,8H2,(H,20,22). The van der Waals surface area contributed by atoms with Crippen molar-refractivity contribution < 1.29 is 18.7 Å². The Labute approximate surface area is 130 Å². The van der Waals surface area contributed by atoms with Gasteiger partial charge in [0.2, 0.25) is 5.91 Å². The van der Waals surface area contributed by atoms with Gasteiger partial charge in [0.1, 0.15) is 11.6 Å². The largest absolute Gasteiger partial charge is 0.388 e. The molecule has 2 rings (SSSR count). The van der Waals surface area contributed by atoms with Crippen molar-refractivity contribution in [2.45, 2.75) is 12.5 Å². The van der Waals surface area contributed by atoms with Gasteiger partial charge in [-0.3, -0.25) is 15.6 Å². The molecule has 1 unspecified atom stereocenters. The maximum atomic E-state index is 13.0. The van der Waals surface area contributed by atoms with E-state index in [0.29, 0.717) is 10.6 Å². The van der Waals surface area contributed by atoms with Crippen LogP contribution in [0.2, 0.25) is 5.02 Å². The summed E-state index contributed by atoms with van der Waals surface area (Å²) in [7, 11) is 0. The molecule has 0 aliphatic heterocycles. The highest BCUT2D eigenvalue weighted by atomic mass is 35.5. The number of amides is 1. The van der Waals surface area contributed by atoms with Gasteiger partial charge in [0.05, 0.1) is 18.2 Å². The summed E-state index contributed by atoms with van der Waals surface area (Å²) in [4.78, 5) is 11.7. The lowest BCUT2D eigenvalue weighted by Crippen LogP contribution is -2.30. The van der Waals surface area contributed by atoms with Crippen LogP contribution in [0.4, 0.5) is 14.5 Å². The van der Waals surface area contributed by atoms with Crippen molar-refractivity contribution in [3.05, 3.63) is 64.7 Å². The average Bonchev–Trinajstić information content (AvgIpc) is 2.45. The average molecular weight is 327 g/mol. The number of benzene rings is 2. The minimum Gasteiger partial charge on any atom is -0.388 e. The number of hydrogen-bond donors (Lipinski definition) is 3. The minimum atomic E-state index is -1.01. The van der Waals surface area contributed by atoms with E-state index in [4.69, 9.17) is 11.6 Å². The molecule has 0 heterocycles. The van der Waals surface area contributed by atoms with E-state index >= 15 is 0 Å². The highest BCUT2D eigenvalue weighted by Crippen LogP contribution is 2.19. The maximum Gasteiger partial charge on any atom is 0.241 e. The summed E-state index contributed by atoms with van der Waals surface area (Å²) in [6, 6.07) is 9.19. The lowest BCUT2D eigenvalue weighted by molar-refractivity contribution is -0.122. The van der Waals surface area contributed by atoms with Gasteiger partial charge in [-0.25, -0.2) is 8.78 Å². The van der Waals surface area contributed by atoms with Gasteiger partial charge >= 0.3 is 0 Å². The normalized spacial score (nSPS) is 11.8. The molecule has 0 saturated heterocycles. The Kier molecular flexibility index (Phi) is 5.30. The molecule has 2 aromatic carbocycles. The fourth-order valence-electron chi connectivity index (χ4n) is 1.80. The van der Waals surface area contributed by atoms with Gasteiger partial charge in [-0.15, -0.1) is 0 Å². The van der Waals surface area contributed by atoms with E-state index in [1.165, 1.54) is 0 Å². The second kappa shape index (κ2) is 7.20. The van der Waals surface area contributed by atoms with Crippen LogP contribution in [-0.2, 0) is 4.79 Å². The van der Waals surface area contributed by atoms with Crippen LogP contribution in [-0.4, -0.2) is 11.0 Å². The monoisotopic (exact) mass is 326 g/mol. The molecule has 0 aromatic heterocycles. The predicted octanol–water partition coefficient (Wildman–Crippen LogP) is 3.19. The van der Waals surface area contributed by atoms with Crippen molar-refractivity contribution in [3.8, 4) is 0 Å². The number of halogens is 3. The molecule has 0 spiro atoms. The zero-order valence-electron chi connectivity index (χ0n) is 11.3. The molecular formula is C15H13ClF2N2O2. The predicted molar refractivity (Wildman–Crippen MR) is 79.2 cm³/mol. The third kappa shape index (κ3) is 4.68. The van der Waals surface area contributed by atoms with Crippen molar-refractivity contribution in [2.24, 2.45) is 0 Å². The summed E-state index contributed by atoms with van der Waals surface area (Å²) in [6.07, 6.45) is -1.23. The Morgan fingerprint density at radius 3 is 2.32 bits per heavy atom. The van der Waals surface area contributed by atoms with E-state index < -0.39 is 23.6 Å². The van der Waals surface area contributed by atoms with Crippen molar-refractivity contribution in [3.63, 3.8) is 0 Å². The molecule has 0 fully saturated rings. The first-order valence-electron chi connectivity index (χ1n) is 6.38. The summed E-state index contributed by atoms with van der Waals surface area (Å²) >= 11 is 5.73. The number of carbonyl (C=O) groups excluding carboxylic acids is 1. The topological polar surface area (TPSA) is 61.4 Å². The zero-order valence-corrected chi connectivity index (χ0v) is 12.1. The highest BCUT2D eigenvalue weighted by Gasteiger charge is 2.13. The Morgan fingerprint density at radius 2 is 1.73 bits per heavy atom. The number of anilines is 1. The molecule has 1 atom stereocenters. The molecule has 0 aliphatic carbocycles. The fourth-order valence-corrected chi connectivity index (χ4v) is 1.92. The number of hydrogen-bond acceptors (Lipinski definition) is 3. The SMILES string of the molecule is O=C(CC(O)c1ccc(Cl)cc1)NNc1cc(F)cc(F)c1. The summed E-state index contributed by atoms with van der Waals surface area (Å²) in [5.41, 5.74) is 5.24. The number of aliphatic hydroxyl groups excluding tert-OH is 1. The van der Waals surface area contributed by atoms with E-state index in [1.807, 2.05) is 0 Å². The quantitative estimate of drug-likeness (QED) is 0.740. The Morgan fingerprint density at radius 1 is 1.14 bits per heavy atom. The molecule has 22 heavy (non-hydrogen) atoms. The number of nitrogens with one attached hydrogen (secondary N) is 2. The van der Waals surface area contributed by atoms with Crippen LogP contribution in [0, 0.1) is 11.6 Å². The van der Waals surface area contributed by atoms with Gasteiger partial charge in [0.25, 0.3) is 0 Å². The molecule has 7 heteroatoms.